The molecule has 1 heterocycles. The van der Waals surface area contributed by atoms with E-state index >= 15 is 0 Å². The Labute approximate surface area is 136 Å². The molecule has 0 N–H and O–H groups in total. The van der Waals surface area contributed by atoms with Gasteiger partial charge < -0.3 is 14.2 Å². The minimum atomic E-state index is 0. The van der Waals surface area contributed by atoms with E-state index in [1.54, 1.807) is 26.3 Å². The third-order valence-electron chi connectivity index (χ3n) is 3.64. The Balaban J connectivity index is 0.00000242. The molecule has 0 saturated carbocycles. The fourth-order valence-corrected chi connectivity index (χ4v) is 2.51. The van der Waals surface area contributed by atoms with Crippen LogP contribution in [-0.2, 0) is 6.54 Å². The van der Waals surface area contributed by atoms with E-state index in [9.17, 15) is 4.91 Å². The van der Waals surface area contributed by atoms with Crippen molar-refractivity contribution in [3.8, 4) is 17.2 Å². The van der Waals surface area contributed by atoms with Gasteiger partial charge in [-0.2, -0.15) is 0 Å². The Morgan fingerprint density at radius 3 is 2.14 bits per heavy atom. The second-order valence-corrected chi connectivity index (χ2v) is 4.80. The summed E-state index contributed by atoms with van der Waals surface area (Å²) in [5, 5.41) is 4.51. The molecule has 22 heavy (non-hydrogen) atoms. The first kappa shape index (κ1) is 18.3. The van der Waals surface area contributed by atoms with Crippen LogP contribution in [0.15, 0.2) is 17.4 Å². The Morgan fingerprint density at radius 1 is 1.00 bits per heavy atom. The van der Waals surface area contributed by atoms with Gasteiger partial charge in [-0.05, 0) is 6.07 Å². The van der Waals surface area contributed by atoms with Crippen molar-refractivity contribution in [1.29, 1.82) is 0 Å². The number of hydrogen-bond acceptors (Lipinski definition) is 6. The van der Waals surface area contributed by atoms with Gasteiger partial charge in [0.25, 0.3) is 0 Å². The summed E-state index contributed by atoms with van der Waals surface area (Å²) in [6, 6.07) is 3.85. The van der Waals surface area contributed by atoms with Crippen molar-refractivity contribution >= 4 is 12.4 Å². The van der Waals surface area contributed by atoms with Gasteiger partial charge in [0.1, 0.15) is 0 Å². The van der Waals surface area contributed by atoms with Gasteiger partial charge in [0.15, 0.2) is 11.5 Å². The fraction of sp³-hybridized carbons (Fsp3) is 0.571. The lowest BCUT2D eigenvalue weighted by Crippen LogP contribution is -2.43. The molecule has 0 aromatic heterocycles. The van der Waals surface area contributed by atoms with Gasteiger partial charge in [0.2, 0.25) is 5.75 Å². The number of methoxy groups -OCH3 is 3. The average Bonchev–Trinajstić information content (AvgIpc) is 2.54. The van der Waals surface area contributed by atoms with Gasteiger partial charge in [0, 0.05) is 25.2 Å². The zero-order valence-electron chi connectivity index (χ0n) is 13.1. The summed E-state index contributed by atoms with van der Waals surface area (Å²) >= 11 is 0. The third-order valence-corrected chi connectivity index (χ3v) is 3.64. The van der Waals surface area contributed by atoms with Gasteiger partial charge in [0.05, 0.1) is 39.7 Å². The molecule has 124 valence electrons. The predicted octanol–water partition coefficient (Wildman–Crippen LogP) is 1.93. The molecule has 0 amide bonds. The van der Waals surface area contributed by atoms with E-state index in [4.69, 9.17) is 14.2 Å². The maximum atomic E-state index is 10.5. The predicted molar refractivity (Wildman–Crippen MR) is 86.0 cm³/mol. The highest BCUT2D eigenvalue weighted by Gasteiger charge is 2.21. The van der Waals surface area contributed by atoms with Gasteiger partial charge in [-0.3, -0.25) is 9.91 Å². The summed E-state index contributed by atoms with van der Waals surface area (Å²) in [6.45, 7) is 3.63. The molecular weight excluding hydrogens is 310 g/mol. The molecule has 0 radical (unpaired) electrons. The van der Waals surface area contributed by atoms with Crippen molar-refractivity contribution in [1.82, 2.24) is 9.91 Å². The van der Waals surface area contributed by atoms with E-state index in [0.29, 0.717) is 30.3 Å². The molecule has 0 unspecified atom stereocenters. The summed E-state index contributed by atoms with van der Waals surface area (Å²) in [5.41, 5.74) is 1.03. The van der Waals surface area contributed by atoms with Crippen LogP contribution in [0.4, 0.5) is 0 Å². The molecule has 1 aromatic carbocycles. The Morgan fingerprint density at radius 2 is 1.64 bits per heavy atom. The van der Waals surface area contributed by atoms with E-state index < -0.39 is 0 Å². The highest BCUT2D eigenvalue weighted by molar-refractivity contribution is 5.85. The summed E-state index contributed by atoms with van der Waals surface area (Å²) in [7, 11) is 4.82. The summed E-state index contributed by atoms with van der Waals surface area (Å²) < 4.78 is 16.2. The van der Waals surface area contributed by atoms with Crippen molar-refractivity contribution in [2.24, 2.45) is 5.29 Å². The number of nitrogens with zero attached hydrogens (tertiary/aromatic N) is 3. The Kier molecular flexibility index (Phi) is 7.20. The first-order valence-corrected chi connectivity index (χ1v) is 6.82. The number of benzene rings is 1. The molecule has 8 heteroatoms. The third kappa shape index (κ3) is 3.92. The molecule has 1 aliphatic rings. The van der Waals surface area contributed by atoms with Crippen LogP contribution in [-0.4, -0.2) is 57.4 Å². The highest BCUT2D eigenvalue weighted by atomic mass is 35.5. The van der Waals surface area contributed by atoms with Crippen molar-refractivity contribution in [2.45, 2.75) is 6.54 Å². The molecule has 1 aliphatic heterocycles. The number of nitroso groups, excluding NO2 is 1. The summed E-state index contributed by atoms with van der Waals surface area (Å²) in [4.78, 5) is 12.7. The molecule has 0 atom stereocenters. The minimum Gasteiger partial charge on any atom is -0.493 e. The van der Waals surface area contributed by atoms with Gasteiger partial charge in [-0.25, -0.2) is 0 Å². The number of piperazine rings is 1. The summed E-state index contributed by atoms with van der Waals surface area (Å²) in [5.74, 6) is 1.94. The topological polar surface area (TPSA) is 63.6 Å². The number of halogens is 1. The number of hydrogen-bond donors (Lipinski definition) is 0. The smallest absolute Gasteiger partial charge is 0.203 e. The van der Waals surface area contributed by atoms with Crippen LogP contribution in [0.2, 0.25) is 0 Å². The van der Waals surface area contributed by atoms with Crippen LogP contribution in [0.25, 0.3) is 0 Å². The lowest BCUT2D eigenvalue weighted by atomic mass is 10.1. The van der Waals surface area contributed by atoms with Crippen LogP contribution in [0.1, 0.15) is 5.56 Å². The molecular formula is C14H22ClN3O4. The molecule has 7 nitrogen and oxygen atoms in total. The van der Waals surface area contributed by atoms with Crippen LogP contribution >= 0.6 is 12.4 Å². The van der Waals surface area contributed by atoms with E-state index in [0.717, 1.165) is 25.2 Å². The minimum absolute atomic E-state index is 0. The van der Waals surface area contributed by atoms with E-state index in [1.807, 2.05) is 12.1 Å². The maximum Gasteiger partial charge on any atom is 0.203 e. The van der Waals surface area contributed by atoms with E-state index in [1.165, 1.54) is 0 Å². The van der Waals surface area contributed by atoms with Crippen molar-refractivity contribution in [2.75, 3.05) is 47.5 Å². The average molecular weight is 332 g/mol. The van der Waals surface area contributed by atoms with E-state index in [2.05, 4.69) is 10.2 Å². The first-order valence-electron chi connectivity index (χ1n) is 6.82. The van der Waals surface area contributed by atoms with Crippen molar-refractivity contribution in [3.05, 3.63) is 22.6 Å². The molecule has 2 rings (SSSR count). The van der Waals surface area contributed by atoms with Crippen molar-refractivity contribution < 1.29 is 14.2 Å². The zero-order chi connectivity index (χ0) is 15.2. The Hall–Kier alpha value is -1.73. The molecule has 1 fully saturated rings. The quantitative estimate of drug-likeness (QED) is 0.742. The van der Waals surface area contributed by atoms with Gasteiger partial charge >= 0.3 is 0 Å². The van der Waals surface area contributed by atoms with Crippen LogP contribution in [0, 0.1) is 4.91 Å². The lowest BCUT2D eigenvalue weighted by molar-refractivity contribution is 0.128. The number of ether oxygens (including phenoxy) is 3. The molecule has 0 spiro atoms. The highest BCUT2D eigenvalue weighted by Crippen LogP contribution is 2.40. The molecule has 0 bridgehead atoms. The molecule has 1 saturated heterocycles. The van der Waals surface area contributed by atoms with Gasteiger partial charge in [-0.1, -0.05) is 6.07 Å². The molecule has 1 aromatic rings. The van der Waals surface area contributed by atoms with Crippen molar-refractivity contribution in [3.63, 3.8) is 0 Å². The first-order chi connectivity index (χ1) is 10.2. The standard InChI is InChI=1S/C14H21N3O4.ClH/c1-19-12-5-4-11(13(20-2)14(12)21-3)10-16-6-8-17(15-18)9-7-16;/h4-5H,6-10H2,1-3H3;1H. The normalized spacial score (nSPS) is 15.0. The Bertz CT molecular complexity index is 493. The van der Waals surface area contributed by atoms with E-state index in [-0.39, 0.29) is 12.4 Å². The monoisotopic (exact) mass is 331 g/mol. The zero-order valence-corrected chi connectivity index (χ0v) is 13.9. The number of rotatable bonds is 6. The van der Waals surface area contributed by atoms with Gasteiger partial charge in [-0.15, -0.1) is 17.3 Å². The van der Waals surface area contributed by atoms with Crippen LogP contribution in [0.3, 0.4) is 0 Å². The second kappa shape index (κ2) is 8.65. The molecule has 0 aliphatic carbocycles. The van der Waals surface area contributed by atoms with Crippen LogP contribution < -0.4 is 14.2 Å². The second-order valence-electron chi connectivity index (χ2n) is 4.80. The van der Waals surface area contributed by atoms with Crippen LogP contribution in [0.5, 0.6) is 17.2 Å². The SMILES string of the molecule is COc1ccc(CN2CCN(N=O)CC2)c(OC)c1OC.Cl. The largest absolute Gasteiger partial charge is 0.493 e. The summed E-state index contributed by atoms with van der Waals surface area (Å²) in [6.07, 6.45) is 0. The lowest BCUT2D eigenvalue weighted by Gasteiger charge is -2.31. The fourth-order valence-electron chi connectivity index (χ4n) is 2.51. The maximum absolute atomic E-state index is 10.5.